The molecule has 1 N–H and O–H groups in total. The van der Waals surface area contributed by atoms with Crippen LogP contribution in [0.15, 0.2) is 108 Å². The molecule has 0 spiro atoms. The van der Waals surface area contributed by atoms with Crippen molar-refractivity contribution in [3.8, 4) is 0 Å². The second kappa shape index (κ2) is 17.7. The Balaban J connectivity index is 0.00000562. The zero-order valence-electron chi connectivity index (χ0n) is 28.3. The Bertz CT molecular complexity index is 1650. The van der Waals surface area contributed by atoms with Crippen LogP contribution < -0.4 is 5.32 Å². The fraction of sp³-hybridized carbons (Fsp3) is 0.351. The molecule has 0 radical (unpaired) electrons. The summed E-state index contributed by atoms with van der Waals surface area (Å²) in [6, 6.07) is 27.2. The van der Waals surface area contributed by atoms with Gasteiger partial charge in [-0.3, -0.25) is 10.1 Å². The molecule has 2 aliphatic rings. The van der Waals surface area contributed by atoms with Crippen LogP contribution in [0.5, 0.6) is 0 Å². The van der Waals surface area contributed by atoms with Crippen molar-refractivity contribution in [2.45, 2.75) is 37.5 Å². The van der Waals surface area contributed by atoms with E-state index >= 15 is 0 Å². The summed E-state index contributed by atoms with van der Waals surface area (Å²) >= 11 is 0. The summed E-state index contributed by atoms with van der Waals surface area (Å²) in [5, 5.41) is 14.7. The van der Waals surface area contributed by atoms with Crippen LogP contribution in [0.3, 0.4) is 0 Å². The molecule has 5 rings (SSSR count). The average Bonchev–Trinajstić information content (AvgIpc) is 3.14. The lowest BCUT2D eigenvalue weighted by molar-refractivity contribution is -0.384. The molecule has 0 bridgehead atoms. The van der Waals surface area contributed by atoms with E-state index in [-0.39, 0.29) is 41.6 Å². The Hall–Kier alpha value is -4.91. The summed E-state index contributed by atoms with van der Waals surface area (Å²) < 4.78 is 26.6. The highest BCUT2D eigenvalue weighted by atomic mass is 35.5. The fourth-order valence-corrected chi connectivity index (χ4v) is 6.59. The smallest absolute Gasteiger partial charge is 0.437 e. The molecule has 12 nitrogen and oxygen atoms in total. The van der Waals surface area contributed by atoms with Crippen molar-refractivity contribution in [2.75, 3.05) is 47.1 Å². The second-order valence-electron chi connectivity index (χ2n) is 11.9. The van der Waals surface area contributed by atoms with Crippen molar-refractivity contribution >= 4 is 30.4 Å². The highest BCUT2D eigenvalue weighted by Crippen LogP contribution is 2.42. The van der Waals surface area contributed by atoms with Gasteiger partial charge < -0.3 is 33.9 Å². The summed E-state index contributed by atoms with van der Waals surface area (Å²) in [6.07, 6.45) is 0.755. The predicted molar refractivity (Wildman–Crippen MR) is 188 cm³/mol. The molecule has 0 amide bonds. The number of allylic oxidation sites excluding steroid dienone is 1. The van der Waals surface area contributed by atoms with Crippen molar-refractivity contribution in [1.82, 2.24) is 10.2 Å². The highest BCUT2D eigenvalue weighted by molar-refractivity contribution is 5.85. The summed E-state index contributed by atoms with van der Waals surface area (Å²) in [6.45, 7) is 4.86. The molecule has 1 unspecified atom stereocenters. The van der Waals surface area contributed by atoms with Gasteiger partial charge in [0.15, 0.2) is 0 Å². The standard InChI is InChI=1S/C37H41N3O9.ClH/c1-26-33(48-35(41)45-2)32(27-12-10-17-30(24-27)40(43)44)34(49-36(42)46-3)31(38-26)25-47-23-11-20-39-21-18-37(19-22-39,28-13-6-4-7-14-28)29-15-8-5-9-16-29;/h4-10,12-17,24,32,38H,11,18-23,25H2,1-3H3;1H. The molecule has 1 fully saturated rings. The number of nitro benzene ring substituents is 1. The van der Waals surface area contributed by atoms with Gasteiger partial charge in [-0.15, -0.1) is 12.4 Å². The number of nitrogens with zero attached hydrogens (tertiary/aromatic N) is 2. The Morgan fingerprint density at radius 3 is 2.02 bits per heavy atom. The number of likely N-dealkylation sites (tertiary alicyclic amines) is 1. The molecule has 1 saturated heterocycles. The minimum atomic E-state index is -1.03. The first-order valence-electron chi connectivity index (χ1n) is 16.1. The van der Waals surface area contributed by atoms with Gasteiger partial charge in [0.05, 0.1) is 37.1 Å². The van der Waals surface area contributed by atoms with Gasteiger partial charge in [-0.05, 0) is 56.0 Å². The molecule has 3 aromatic carbocycles. The van der Waals surface area contributed by atoms with E-state index in [4.69, 9.17) is 23.7 Å². The van der Waals surface area contributed by atoms with Crippen molar-refractivity contribution < 1.29 is 38.2 Å². The van der Waals surface area contributed by atoms with Crippen LogP contribution in [0, 0.1) is 10.1 Å². The van der Waals surface area contributed by atoms with Crippen LogP contribution in [0.25, 0.3) is 0 Å². The molecule has 2 aliphatic heterocycles. The number of carbonyl (C=O) groups is 2. The topological polar surface area (TPSA) is 139 Å². The van der Waals surface area contributed by atoms with Gasteiger partial charge in [0.2, 0.25) is 0 Å². The van der Waals surface area contributed by atoms with Crippen molar-refractivity contribution in [1.29, 1.82) is 0 Å². The van der Waals surface area contributed by atoms with Crippen LogP contribution in [0.4, 0.5) is 15.3 Å². The molecule has 50 heavy (non-hydrogen) atoms. The maximum Gasteiger partial charge on any atom is 0.513 e. The van der Waals surface area contributed by atoms with Gasteiger partial charge in [-0.1, -0.05) is 72.8 Å². The number of nitrogens with one attached hydrogen (secondary N) is 1. The SMILES string of the molecule is COC(=O)OC1=C(C)NC(COCCCN2CCC(c3ccccc3)(c3ccccc3)CC2)=C(OC(=O)OC)C1c1cccc([N+](=O)[O-])c1.Cl. The molecular formula is C37H42ClN3O9. The van der Waals surface area contributed by atoms with Crippen LogP contribution in [0.1, 0.15) is 48.8 Å². The Labute approximate surface area is 297 Å². The predicted octanol–water partition coefficient (Wildman–Crippen LogP) is 7.20. The number of halogens is 1. The first-order chi connectivity index (χ1) is 23.8. The van der Waals surface area contributed by atoms with E-state index in [2.05, 4.69) is 70.9 Å². The molecule has 0 saturated carbocycles. The number of non-ortho nitro benzene ring substituents is 1. The lowest BCUT2D eigenvalue weighted by Crippen LogP contribution is -2.43. The summed E-state index contributed by atoms with van der Waals surface area (Å²) in [5.41, 5.74) is 3.60. The van der Waals surface area contributed by atoms with E-state index in [9.17, 15) is 19.7 Å². The summed E-state index contributed by atoms with van der Waals surface area (Å²) in [5.74, 6) is -0.964. The molecule has 0 aromatic heterocycles. The van der Waals surface area contributed by atoms with Crippen molar-refractivity contribution in [2.24, 2.45) is 0 Å². The molecule has 2 heterocycles. The molecule has 13 heteroatoms. The Kier molecular flexibility index (Phi) is 13.4. The fourth-order valence-electron chi connectivity index (χ4n) is 6.59. The number of dihydropyridines is 1. The minimum Gasteiger partial charge on any atom is -0.437 e. The van der Waals surface area contributed by atoms with Crippen molar-refractivity contribution in [3.05, 3.63) is 135 Å². The van der Waals surface area contributed by atoms with Crippen LogP contribution in [0.2, 0.25) is 0 Å². The molecule has 1 atom stereocenters. The Morgan fingerprint density at radius 2 is 1.46 bits per heavy atom. The van der Waals surface area contributed by atoms with E-state index in [0.29, 0.717) is 23.6 Å². The lowest BCUT2D eigenvalue weighted by Gasteiger charge is -2.43. The second-order valence-corrected chi connectivity index (χ2v) is 11.9. The first kappa shape index (κ1) is 37.9. The van der Waals surface area contributed by atoms with E-state index < -0.39 is 23.2 Å². The van der Waals surface area contributed by atoms with Gasteiger partial charge in [0.25, 0.3) is 5.69 Å². The third-order valence-corrected chi connectivity index (χ3v) is 9.04. The number of methoxy groups -OCH3 is 2. The summed E-state index contributed by atoms with van der Waals surface area (Å²) in [4.78, 5) is 38.1. The number of piperidine rings is 1. The molecular weight excluding hydrogens is 666 g/mol. The van der Waals surface area contributed by atoms with Gasteiger partial charge >= 0.3 is 12.3 Å². The Morgan fingerprint density at radius 1 is 0.880 bits per heavy atom. The van der Waals surface area contributed by atoms with Gasteiger partial charge in [-0.2, -0.15) is 0 Å². The maximum atomic E-state index is 12.4. The first-order valence-corrected chi connectivity index (χ1v) is 16.1. The van der Waals surface area contributed by atoms with Gasteiger partial charge in [-0.25, -0.2) is 9.59 Å². The number of benzene rings is 3. The molecule has 0 aliphatic carbocycles. The largest absolute Gasteiger partial charge is 0.513 e. The lowest BCUT2D eigenvalue weighted by atomic mass is 9.68. The number of ether oxygens (including phenoxy) is 5. The number of rotatable bonds is 12. The number of carbonyl (C=O) groups excluding carboxylic acids is 2. The number of hydrogen-bond donors (Lipinski definition) is 1. The minimum absolute atomic E-state index is 0. The highest BCUT2D eigenvalue weighted by Gasteiger charge is 2.39. The van der Waals surface area contributed by atoms with E-state index in [1.807, 2.05) is 0 Å². The van der Waals surface area contributed by atoms with E-state index in [0.717, 1.165) is 53.1 Å². The van der Waals surface area contributed by atoms with Crippen LogP contribution in [-0.2, 0) is 29.1 Å². The molecule has 3 aromatic rings. The van der Waals surface area contributed by atoms with Gasteiger partial charge in [0.1, 0.15) is 17.4 Å². The zero-order valence-corrected chi connectivity index (χ0v) is 29.1. The third-order valence-electron chi connectivity index (χ3n) is 9.04. The maximum absolute atomic E-state index is 12.4. The van der Waals surface area contributed by atoms with E-state index in [1.165, 1.54) is 29.3 Å². The average molecular weight is 708 g/mol. The number of nitro groups is 1. The zero-order chi connectivity index (χ0) is 34.8. The molecule has 266 valence electrons. The normalized spacial score (nSPS) is 17.2. The van der Waals surface area contributed by atoms with Gasteiger partial charge in [0, 0.05) is 30.7 Å². The number of hydrogen-bond acceptors (Lipinski definition) is 11. The van der Waals surface area contributed by atoms with Crippen LogP contribution in [-0.4, -0.2) is 69.2 Å². The third kappa shape index (κ3) is 8.81. The summed E-state index contributed by atoms with van der Waals surface area (Å²) in [7, 11) is 2.32. The monoisotopic (exact) mass is 707 g/mol. The van der Waals surface area contributed by atoms with E-state index in [1.54, 1.807) is 13.0 Å². The quantitative estimate of drug-likeness (QED) is 0.0885. The van der Waals surface area contributed by atoms with Crippen LogP contribution >= 0.6 is 12.4 Å². The van der Waals surface area contributed by atoms with Crippen molar-refractivity contribution in [3.63, 3.8) is 0 Å².